The highest BCUT2D eigenvalue weighted by Crippen LogP contribution is 2.25. The van der Waals surface area contributed by atoms with Crippen LogP contribution in [-0.2, 0) is 10.0 Å². The molecule has 0 bridgehead atoms. The quantitative estimate of drug-likeness (QED) is 0.870. The number of nitrogens with one attached hydrogen (secondary N) is 2. The van der Waals surface area contributed by atoms with Crippen LogP contribution >= 0.6 is 27.5 Å². The molecule has 1 aromatic carbocycles. The first-order chi connectivity index (χ1) is 8.49. The monoisotopic (exact) mass is 352 g/mol. The minimum Gasteiger partial charge on any atom is -0.316 e. The number of halogens is 2. The average Bonchev–Trinajstić information content (AvgIpc) is 2.83. The molecular formula is C11H14BrClN2O2S. The summed E-state index contributed by atoms with van der Waals surface area (Å²) in [5.74, 6) is 0.371. The Morgan fingerprint density at radius 2 is 2.28 bits per heavy atom. The minimum atomic E-state index is -3.45. The van der Waals surface area contributed by atoms with Crippen molar-refractivity contribution in [2.45, 2.75) is 11.3 Å². The smallest absolute Gasteiger partial charge is 0.240 e. The normalized spacial score (nSPS) is 20.2. The zero-order valence-corrected chi connectivity index (χ0v) is 12.8. The van der Waals surface area contributed by atoms with Crippen LogP contribution in [-0.4, -0.2) is 28.1 Å². The van der Waals surface area contributed by atoms with Gasteiger partial charge < -0.3 is 5.32 Å². The average molecular weight is 354 g/mol. The molecule has 1 aromatic rings. The molecule has 0 saturated carbocycles. The summed E-state index contributed by atoms with van der Waals surface area (Å²) in [4.78, 5) is 0.227. The fourth-order valence-corrected chi connectivity index (χ4v) is 3.63. The fourth-order valence-electron chi connectivity index (χ4n) is 1.84. The van der Waals surface area contributed by atoms with Gasteiger partial charge in [-0.05, 0) is 59.6 Å². The molecule has 2 N–H and O–H groups in total. The summed E-state index contributed by atoms with van der Waals surface area (Å²) < 4.78 is 27.3. The molecule has 0 radical (unpaired) electrons. The van der Waals surface area contributed by atoms with E-state index in [4.69, 9.17) is 11.6 Å². The second-order valence-electron chi connectivity index (χ2n) is 4.29. The van der Waals surface area contributed by atoms with Gasteiger partial charge in [-0.25, -0.2) is 13.1 Å². The van der Waals surface area contributed by atoms with E-state index in [1.165, 1.54) is 12.1 Å². The molecule has 0 aromatic heterocycles. The molecule has 2 rings (SSSR count). The summed E-state index contributed by atoms with van der Waals surface area (Å²) >= 11 is 9.06. The van der Waals surface area contributed by atoms with Gasteiger partial charge in [0.15, 0.2) is 0 Å². The predicted octanol–water partition coefficient (Wildman–Crippen LogP) is 1.99. The lowest BCUT2D eigenvalue weighted by Gasteiger charge is -2.11. The Bertz CT molecular complexity index is 530. The number of hydrogen-bond donors (Lipinski definition) is 2. The second-order valence-corrected chi connectivity index (χ2v) is 7.32. The summed E-state index contributed by atoms with van der Waals surface area (Å²) in [5.41, 5.74) is 0. The van der Waals surface area contributed by atoms with Gasteiger partial charge in [0.05, 0.1) is 9.92 Å². The van der Waals surface area contributed by atoms with E-state index in [0.717, 1.165) is 19.5 Å². The van der Waals surface area contributed by atoms with E-state index in [1.54, 1.807) is 6.07 Å². The highest BCUT2D eigenvalue weighted by atomic mass is 79.9. The topological polar surface area (TPSA) is 58.2 Å². The molecule has 1 aliphatic heterocycles. The highest BCUT2D eigenvalue weighted by molar-refractivity contribution is 9.10. The summed E-state index contributed by atoms with van der Waals surface area (Å²) in [6, 6.07) is 4.58. The van der Waals surface area contributed by atoms with Gasteiger partial charge in [-0.15, -0.1) is 0 Å². The largest absolute Gasteiger partial charge is 0.316 e. The van der Waals surface area contributed by atoms with E-state index < -0.39 is 10.0 Å². The molecule has 1 heterocycles. The Kier molecular flexibility index (Phi) is 4.66. The SMILES string of the molecule is O=S(=O)(NCC1CCNC1)c1ccc(Cl)c(Br)c1. The van der Waals surface area contributed by atoms with Crippen molar-refractivity contribution in [3.63, 3.8) is 0 Å². The van der Waals surface area contributed by atoms with Gasteiger partial charge in [-0.2, -0.15) is 0 Å². The zero-order chi connectivity index (χ0) is 13.2. The Morgan fingerprint density at radius 3 is 2.89 bits per heavy atom. The number of rotatable bonds is 4. The summed E-state index contributed by atoms with van der Waals surface area (Å²) in [5, 5.41) is 3.70. The molecule has 18 heavy (non-hydrogen) atoms. The molecule has 4 nitrogen and oxygen atoms in total. The first-order valence-electron chi connectivity index (χ1n) is 5.64. The van der Waals surface area contributed by atoms with Crippen molar-refractivity contribution in [3.05, 3.63) is 27.7 Å². The lowest BCUT2D eigenvalue weighted by Crippen LogP contribution is -2.30. The predicted molar refractivity (Wildman–Crippen MR) is 75.3 cm³/mol. The van der Waals surface area contributed by atoms with Crippen molar-refractivity contribution in [1.82, 2.24) is 10.0 Å². The highest BCUT2D eigenvalue weighted by Gasteiger charge is 2.19. The van der Waals surface area contributed by atoms with Gasteiger partial charge in [0.2, 0.25) is 10.0 Å². The van der Waals surface area contributed by atoms with Crippen LogP contribution in [0, 0.1) is 5.92 Å². The first kappa shape index (κ1) is 14.3. The van der Waals surface area contributed by atoms with Crippen molar-refractivity contribution >= 4 is 37.6 Å². The lowest BCUT2D eigenvalue weighted by atomic mass is 10.1. The Labute approximate surface area is 120 Å². The molecule has 1 saturated heterocycles. The summed E-state index contributed by atoms with van der Waals surface area (Å²) in [6.45, 7) is 2.29. The zero-order valence-electron chi connectivity index (χ0n) is 9.62. The molecule has 1 unspecified atom stereocenters. The summed E-state index contributed by atoms with van der Waals surface area (Å²) in [6.07, 6.45) is 1.01. The van der Waals surface area contributed by atoms with Gasteiger partial charge in [0, 0.05) is 11.0 Å². The molecule has 0 spiro atoms. The van der Waals surface area contributed by atoms with Crippen molar-refractivity contribution < 1.29 is 8.42 Å². The van der Waals surface area contributed by atoms with E-state index in [0.29, 0.717) is 22.0 Å². The van der Waals surface area contributed by atoms with Crippen LogP contribution in [0.5, 0.6) is 0 Å². The molecule has 0 amide bonds. The standard InChI is InChI=1S/C11H14BrClN2O2S/c12-10-5-9(1-2-11(10)13)18(16,17)15-7-8-3-4-14-6-8/h1-2,5,8,14-15H,3-4,6-7H2. The van der Waals surface area contributed by atoms with Crippen LogP contribution in [0.2, 0.25) is 5.02 Å². The Balaban J connectivity index is 2.07. The van der Waals surface area contributed by atoms with Crippen LogP contribution in [0.4, 0.5) is 0 Å². The van der Waals surface area contributed by atoms with Gasteiger partial charge in [-0.1, -0.05) is 11.6 Å². The van der Waals surface area contributed by atoms with Gasteiger partial charge in [-0.3, -0.25) is 0 Å². The van der Waals surface area contributed by atoms with E-state index in [1.807, 2.05) is 0 Å². The number of benzene rings is 1. The van der Waals surface area contributed by atoms with E-state index >= 15 is 0 Å². The fraction of sp³-hybridized carbons (Fsp3) is 0.455. The summed E-state index contributed by atoms with van der Waals surface area (Å²) in [7, 11) is -3.45. The molecule has 1 aliphatic rings. The second kappa shape index (κ2) is 5.88. The third kappa shape index (κ3) is 3.45. The van der Waals surface area contributed by atoms with Gasteiger partial charge in [0.25, 0.3) is 0 Å². The van der Waals surface area contributed by atoms with E-state index in [9.17, 15) is 8.42 Å². The van der Waals surface area contributed by atoms with Crippen LogP contribution < -0.4 is 10.0 Å². The van der Waals surface area contributed by atoms with Crippen molar-refractivity contribution in [2.75, 3.05) is 19.6 Å². The molecular weight excluding hydrogens is 340 g/mol. The van der Waals surface area contributed by atoms with E-state index in [2.05, 4.69) is 26.0 Å². The maximum Gasteiger partial charge on any atom is 0.240 e. The third-order valence-corrected chi connectivity index (χ3v) is 5.56. The Morgan fingerprint density at radius 1 is 1.50 bits per heavy atom. The van der Waals surface area contributed by atoms with Crippen LogP contribution in [0.25, 0.3) is 0 Å². The third-order valence-electron chi connectivity index (χ3n) is 2.93. The van der Waals surface area contributed by atoms with Crippen molar-refractivity contribution in [3.8, 4) is 0 Å². The molecule has 1 atom stereocenters. The maximum absolute atomic E-state index is 12.1. The van der Waals surface area contributed by atoms with Gasteiger partial charge in [0.1, 0.15) is 0 Å². The first-order valence-corrected chi connectivity index (χ1v) is 8.30. The number of sulfonamides is 1. The van der Waals surface area contributed by atoms with Crippen LogP contribution in [0.3, 0.4) is 0 Å². The Hall–Kier alpha value is -0.140. The molecule has 100 valence electrons. The van der Waals surface area contributed by atoms with E-state index in [-0.39, 0.29) is 4.90 Å². The number of hydrogen-bond acceptors (Lipinski definition) is 3. The molecule has 7 heteroatoms. The van der Waals surface area contributed by atoms with Crippen molar-refractivity contribution in [2.24, 2.45) is 5.92 Å². The minimum absolute atomic E-state index is 0.227. The maximum atomic E-state index is 12.1. The van der Waals surface area contributed by atoms with Crippen LogP contribution in [0.1, 0.15) is 6.42 Å². The van der Waals surface area contributed by atoms with Crippen molar-refractivity contribution in [1.29, 1.82) is 0 Å². The van der Waals surface area contributed by atoms with Gasteiger partial charge >= 0.3 is 0 Å². The molecule has 1 fully saturated rings. The van der Waals surface area contributed by atoms with Crippen LogP contribution in [0.15, 0.2) is 27.6 Å². The molecule has 0 aliphatic carbocycles. The lowest BCUT2D eigenvalue weighted by molar-refractivity contribution is 0.538.